The molecule has 7 heteroatoms. The molecular formula is C18H22N2O4S. The maximum Gasteiger partial charge on any atom is 0.256 e. The topological polar surface area (TPSA) is 84.5 Å². The lowest BCUT2D eigenvalue weighted by Crippen LogP contribution is -2.31. The predicted octanol–water partition coefficient (Wildman–Crippen LogP) is 2.42. The second-order valence-electron chi connectivity index (χ2n) is 6.83. The van der Waals surface area contributed by atoms with Crippen LogP contribution in [-0.2, 0) is 19.6 Å². The molecule has 1 aromatic rings. The summed E-state index contributed by atoms with van der Waals surface area (Å²) in [5.41, 5.74) is 3.21. The summed E-state index contributed by atoms with van der Waals surface area (Å²) in [4.78, 5) is 12.5. The summed E-state index contributed by atoms with van der Waals surface area (Å²) in [6.07, 6.45) is 5.79. The normalized spacial score (nSPS) is 23.2. The van der Waals surface area contributed by atoms with Gasteiger partial charge in [-0.3, -0.25) is 4.79 Å². The fraction of sp³-hybridized carbons (Fsp3) is 0.500. The number of carbonyl (C=O) groups excluding carboxylic acids is 1. The number of allylic oxidation sites excluding steroid dienone is 1. The van der Waals surface area contributed by atoms with Gasteiger partial charge in [0.1, 0.15) is 0 Å². The zero-order valence-electron chi connectivity index (χ0n) is 14.0. The maximum atomic E-state index is 12.6. The van der Waals surface area contributed by atoms with E-state index in [2.05, 4.69) is 10.0 Å². The lowest BCUT2D eigenvalue weighted by atomic mass is 10.00. The minimum Gasteiger partial charge on any atom is -0.377 e. The van der Waals surface area contributed by atoms with Crippen LogP contribution >= 0.6 is 0 Å². The number of nitrogens with one attached hydrogen (secondary N) is 2. The van der Waals surface area contributed by atoms with Crippen LogP contribution in [0.2, 0.25) is 0 Å². The molecule has 4 rings (SSSR count). The highest BCUT2D eigenvalue weighted by atomic mass is 32.2. The van der Waals surface area contributed by atoms with E-state index >= 15 is 0 Å². The summed E-state index contributed by atoms with van der Waals surface area (Å²) in [6.45, 7) is 0.973. The minimum atomic E-state index is -3.63. The molecule has 0 aromatic heterocycles. The maximum absolute atomic E-state index is 12.6. The number of rotatable bonds is 4. The minimum absolute atomic E-state index is 0.0522. The molecule has 3 aliphatic rings. The van der Waals surface area contributed by atoms with Crippen LogP contribution in [0.3, 0.4) is 0 Å². The average molecular weight is 362 g/mol. The van der Waals surface area contributed by atoms with Gasteiger partial charge >= 0.3 is 0 Å². The van der Waals surface area contributed by atoms with Gasteiger partial charge in [-0.05, 0) is 56.7 Å². The van der Waals surface area contributed by atoms with Gasteiger partial charge in [0.2, 0.25) is 10.0 Å². The van der Waals surface area contributed by atoms with E-state index in [-0.39, 0.29) is 23.5 Å². The highest BCUT2D eigenvalue weighted by Gasteiger charge is 2.30. The van der Waals surface area contributed by atoms with Gasteiger partial charge in [-0.2, -0.15) is 0 Å². The lowest BCUT2D eigenvalue weighted by Gasteiger charge is -2.12. The fourth-order valence-corrected chi connectivity index (χ4v) is 4.90. The first-order valence-electron chi connectivity index (χ1n) is 8.84. The van der Waals surface area contributed by atoms with Crippen molar-refractivity contribution >= 4 is 27.2 Å². The molecule has 1 aliphatic carbocycles. The smallest absolute Gasteiger partial charge is 0.256 e. The number of hydrogen-bond acceptors (Lipinski definition) is 4. The van der Waals surface area contributed by atoms with Crippen molar-refractivity contribution in [3.63, 3.8) is 0 Å². The molecule has 1 saturated heterocycles. The molecule has 0 spiro atoms. The molecule has 2 fully saturated rings. The highest BCUT2D eigenvalue weighted by Crippen LogP contribution is 2.40. The van der Waals surface area contributed by atoms with Crippen molar-refractivity contribution in [2.24, 2.45) is 0 Å². The summed E-state index contributed by atoms with van der Waals surface area (Å²) in [7, 11) is -3.63. The van der Waals surface area contributed by atoms with Crippen LogP contribution in [0.4, 0.5) is 5.69 Å². The Morgan fingerprint density at radius 3 is 2.72 bits per heavy atom. The van der Waals surface area contributed by atoms with E-state index in [1.165, 1.54) is 0 Å². The number of anilines is 1. The van der Waals surface area contributed by atoms with Crippen molar-refractivity contribution in [3.05, 3.63) is 29.3 Å². The van der Waals surface area contributed by atoms with Crippen molar-refractivity contribution in [2.75, 3.05) is 18.5 Å². The van der Waals surface area contributed by atoms with Crippen LogP contribution in [0, 0.1) is 0 Å². The van der Waals surface area contributed by atoms with Crippen LogP contribution < -0.4 is 10.0 Å². The molecule has 134 valence electrons. The Labute approximate surface area is 147 Å². The number of sulfonamides is 1. The summed E-state index contributed by atoms with van der Waals surface area (Å²) in [5.74, 6) is -0.117. The number of ether oxygens (including phenoxy) is 1. The van der Waals surface area contributed by atoms with Crippen molar-refractivity contribution in [2.45, 2.75) is 49.5 Å². The van der Waals surface area contributed by atoms with E-state index in [1.54, 1.807) is 18.2 Å². The standard InChI is InChI=1S/C18H22N2O4S/c21-18-17(12-4-1-2-5-12)15-10-14(7-8-16(15)20-18)25(22,23)19-11-13-6-3-9-24-13/h7-8,10,13,19H,1-6,9,11H2,(H,20,21). The van der Waals surface area contributed by atoms with Gasteiger partial charge in [-0.25, -0.2) is 13.1 Å². The second-order valence-corrected chi connectivity index (χ2v) is 8.60. The summed E-state index contributed by atoms with van der Waals surface area (Å²) in [5, 5.41) is 2.85. The number of carbonyl (C=O) groups is 1. The van der Waals surface area contributed by atoms with Gasteiger partial charge in [0.25, 0.3) is 5.91 Å². The van der Waals surface area contributed by atoms with Gasteiger partial charge in [0.15, 0.2) is 0 Å². The van der Waals surface area contributed by atoms with Gasteiger partial charge in [-0.1, -0.05) is 5.57 Å². The van der Waals surface area contributed by atoms with E-state index in [0.29, 0.717) is 23.4 Å². The van der Waals surface area contributed by atoms with Crippen molar-refractivity contribution in [3.8, 4) is 0 Å². The molecule has 6 nitrogen and oxygen atoms in total. The summed E-state index contributed by atoms with van der Waals surface area (Å²) in [6, 6.07) is 4.83. The molecular weight excluding hydrogens is 340 g/mol. The second kappa shape index (κ2) is 6.55. The summed E-state index contributed by atoms with van der Waals surface area (Å²) < 4.78 is 33.3. The van der Waals surface area contributed by atoms with E-state index in [0.717, 1.165) is 44.1 Å². The Hall–Kier alpha value is -1.70. The van der Waals surface area contributed by atoms with Crippen LogP contribution in [0.25, 0.3) is 5.57 Å². The quantitative estimate of drug-likeness (QED) is 0.806. The largest absolute Gasteiger partial charge is 0.377 e. The first kappa shape index (κ1) is 16.8. The van der Waals surface area contributed by atoms with Crippen LogP contribution in [0.5, 0.6) is 0 Å². The monoisotopic (exact) mass is 362 g/mol. The SMILES string of the molecule is O=C1Nc2ccc(S(=O)(=O)NCC3CCCO3)cc2C1=C1CCCC1. The zero-order chi connectivity index (χ0) is 17.4. The Kier molecular flexibility index (Phi) is 4.39. The summed E-state index contributed by atoms with van der Waals surface area (Å²) >= 11 is 0. The Morgan fingerprint density at radius 1 is 1.20 bits per heavy atom. The third-order valence-electron chi connectivity index (χ3n) is 5.13. The molecule has 1 atom stereocenters. The number of amides is 1. The average Bonchev–Trinajstić information content (AvgIpc) is 3.32. The molecule has 1 amide bonds. The zero-order valence-corrected chi connectivity index (χ0v) is 14.8. The molecule has 1 saturated carbocycles. The molecule has 2 aliphatic heterocycles. The molecule has 1 aromatic carbocycles. The first-order chi connectivity index (χ1) is 12.0. The van der Waals surface area contributed by atoms with E-state index < -0.39 is 10.0 Å². The molecule has 2 N–H and O–H groups in total. The third kappa shape index (κ3) is 3.23. The molecule has 0 radical (unpaired) electrons. The van der Waals surface area contributed by atoms with Gasteiger partial charge in [-0.15, -0.1) is 0 Å². The Bertz CT molecular complexity index is 831. The fourth-order valence-electron chi connectivity index (χ4n) is 3.81. The van der Waals surface area contributed by atoms with E-state index in [4.69, 9.17) is 4.74 Å². The van der Waals surface area contributed by atoms with Crippen LogP contribution in [0.15, 0.2) is 28.7 Å². The Morgan fingerprint density at radius 2 is 2.00 bits per heavy atom. The lowest BCUT2D eigenvalue weighted by molar-refractivity contribution is -0.110. The highest BCUT2D eigenvalue weighted by molar-refractivity contribution is 7.89. The molecule has 0 bridgehead atoms. The van der Waals surface area contributed by atoms with Gasteiger partial charge in [0, 0.05) is 30.0 Å². The van der Waals surface area contributed by atoms with Gasteiger partial charge in [0.05, 0.1) is 11.0 Å². The number of benzene rings is 1. The van der Waals surface area contributed by atoms with Crippen LogP contribution in [-0.4, -0.2) is 33.6 Å². The van der Waals surface area contributed by atoms with Crippen LogP contribution in [0.1, 0.15) is 44.1 Å². The molecule has 2 heterocycles. The third-order valence-corrected chi connectivity index (χ3v) is 6.55. The Balaban J connectivity index is 1.62. The molecule has 1 unspecified atom stereocenters. The number of hydrogen-bond donors (Lipinski definition) is 2. The van der Waals surface area contributed by atoms with Crippen molar-refractivity contribution in [1.82, 2.24) is 4.72 Å². The molecule has 25 heavy (non-hydrogen) atoms. The van der Waals surface area contributed by atoms with Gasteiger partial charge < -0.3 is 10.1 Å². The van der Waals surface area contributed by atoms with E-state index in [9.17, 15) is 13.2 Å². The first-order valence-corrected chi connectivity index (χ1v) is 10.3. The number of fused-ring (bicyclic) bond motifs is 1. The van der Waals surface area contributed by atoms with Crippen molar-refractivity contribution in [1.29, 1.82) is 0 Å². The van der Waals surface area contributed by atoms with E-state index in [1.807, 2.05) is 0 Å². The predicted molar refractivity (Wildman–Crippen MR) is 94.6 cm³/mol. The van der Waals surface area contributed by atoms with Crippen molar-refractivity contribution < 1.29 is 17.9 Å².